The van der Waals surface area contributed by atoms with Gasteiger partial charge in [0.05, 0.1) is 19.7 Å². The van der Waals surface area contributed by atoms with E-state index in [1.807, 2.05) is 18.2 Å². The van der Waals surface area contributed by atoms with Crippen molar-refractivity contribution in [2.45, 2.75) is 19.9 Å². The fourth-order valence-electron chi connectivity index (χ4n) is 2.83. The summed E-state index contributed by atoms with van der Waals surface area (Å²) in [4.78, 5) is 6.98. The van der Waals surface area contributed by atoms with Gasteiger partial charge in [-0.15, -0.1) is 0 Å². The van der Waals surface area contributed by atoms with Crippen LogP contribution in [0, 0.1) is 0 Å². The van der Waals surface area contributed by atoms with Crippen molar-refractivity contribution in [3.05, 3.63) is 59.7 Å². The number of methoxy groups -OCH3 is 1. The van der Waals surface area contributed by atoms with E-state index in [0.717, 1.165) is 13.1 Å². The van der Waals surface area contributed by atoms with Crippen LogP contribution in [-0.2, 0) is 0 Å². The van der Waals surface area contributed by atoms with Crippen molar-refractivity contribution in [1.29, 1.82) is 0 Å². The Balaban J connectivity index is 2.19. The van der Waals surface area contributed by atoms with E-state index < -0.39 is 0 Å². The molecule has 1 N–H and O–H groups in total. The molecule has 2 rings (SSSR count). The Kier molecular flexibility index (Phi) is 6.82. The summed E-state index contributed by atoms with van der Waals surface area (Å²) in [5.41, 5.74) is 1.92. The van der Waals surface area contributed by atoms with Crippen LogP contribution in [-0.4, -0.2) is 43.0 Å². The first-order valence-corrected chi connectivity index (χ1v) is 8.36. The summed E-state index contributed by atoms with van der Waals surface area (Å²) in [5, 5.41) is 10.1. The van der Waals surface area contributed by atoms with E-state index >= 15 is 0 Å². The van der Waals surface area contributed by atoms with E-state index in [4.69, 9.17) is 4.74 Å². The van der Waals surface area contributed by atoms with Crippen LogP contribution in [0.1, 0.15) is 31.0 Å². The van der Waals surface area contributed by atoms with Gasteiger partial charge in [-0.05, 0) is 30.8 Å². The number of phenols is 1. The lowest BCUT2D eigenvalue weighted by Crippen LogP contribution is -2.30. The molecule has 0 aliphatic rings. The lowest BCUT2D eigenvalue weighted by molar-refractivity contribution is 0.224. The summed E-state index contributed by atoms with van der Waals surface area (Å²) in [6.45, 7) is 6.91. The molecule has 0 aliphatic carbocycles. The van der Waals surface area contributed by atoms with Gasteiger partial charge in [0.15, 0.2) is 11.5 Å². The highest BCUT2D eigenvalue weighted by molar-refractivity contribution is 5.84. The molecule has 2 aromatic carbocycles. The van der Waals surface area contributed by atoms with Gasteiger partial charge >= 0.3 is 0 Å². The normalized spacial score (nSPS) is 12.7. The van der Waals surface area contributed by atoms with Gasteiger partial charge in [0.1, 0.15) is 0 Å². The second-order valence-electron chi connectivity index (χ2n) is 5.54. The third kappa shape index (κ3) is 4.36. The van der Waals surface area contributed by atoms with Crippen LogP contribution in [0.3, 0.4) is 0 Å². The molecular formula is C20H26N2O2. The number of phenolic OH excluding ortho intramolecular Hbond substituents is 1. The number of para-hydroxylation sites is 1. The molecule has 24 heavy (non-hydrogen) atoms. The Morgan fingerprint density at radius 3 is 2.42 bits per heavy atom. The molecule has 0 unspecified atom stereocenters. The summed E-state index contributed by atoms with van der Waals surface area (Å²) < 4.78 is 5.14. The molecule has 0 fully saturated rings. The highest BCUT2D eigenvalue weighted by Crippen LogP contribution is 2.28. The zero-order valence-electron chi connectivity index (χ0n) is 14.6. The maximum absolute atomic E-state index is 10.1. The quantitative estimate of drug-likeness (QED) is 0.748. The smallest absolute Gasteiger partial charge is 0.166 e. The Hall–Kier alpha value is -2.33. The highest BCUT2D eigenvalue weighted by Gasteiger charge is 2.17. The molecule has 0 bridgehead atoms. The molecule has 0 spiro atoms. The number of likely N-dealkylation sites (N-methyl/N-ethyl adjacent to an activating group) is 1. The van der Waals surface area contributed by atoms with Crippen molar-refractivity contribution in [3.8, 4) is 11.5 Å². The van der Waals surface area contributed by atoms with Crippen LogP contribution in [0.2, 0.25) is 0 Å². The fourth-order valence-corrected chi connectivity index (χ4v) is 2.83. The maximum Gasteiger partial charge on any atom is 0.166 e. The summed E-state index contributed by atoms with van der Waals surface area (Å²) in [6, 6.07) is 16.1. The van der Waals surface area contributed by atoms with Gasteiger partial charge in [0.25, 0.3) is 0 Å². The Bertz CT molecular complexity index is 652. The van der Waals surface area contributed by atoms with Gasteiger partial charge in [-0.1, -0.05) is 50.2 Å². The first-order valence-electron chi connectivity index (χ1n) is 8.36. The van der Waals surface area contributed by atoms with E-state index in [2.05, 4.69) is 48.0 Å². The fraction of sp³-hybridized carbons (Fsp3) is 0.350. The van der Waals surface area contributed by atoms with Crippen molar-refractivity contribution >= 4 is 6.21 Å². The van der Waals surface area contributed by atoms with Crippen molar-refractivity contribution in [2.75, 3.05) is 26.7 Å². The zero-order chi connectivity index (χ0) is 17.4. The number of rotatable bonds is 8. The van der Waals surface area contributed by atoms with Crippen LogP contribution in [0.15, 0.2) is 53.5 Å². The molecule has 2 aromatic rings. The molecule has 0 saturated carbocycles. The Morgan fingerprint density at radius 2 is 1.79 bits per heavy atom. The minimum Gasteiger partial charge on any atom is -0.504 e. The molecular weight excluding hydrogens is 300 g/mol. The standard InChI is InChI=1S/C20H26N2O2/c1-4-22(5-2)18(16-10-7-6-8-11-16)15-21-14-17-12-9-13-19(24-3)20(17)23/h6-14,18,23H,4-5,15H2,1-3H3/t18-/m1/s1. The Morgan fingerprint density at radius 1 is 1.08 bits per heavy atom. The van der Waals surface area contributed by atoms with Crippen molar-refractivity contribution < 1.29 is 9.84 Å². The van der Waals surface area contributed by atoms with Crippen molar-refractivity contribution in [2.24, 2.45) is 4.99 Å². The average Bonchev–Trinajstić information content (AvgIpc) is 2.63. The molecule has 0 saturated heterocycles. The van der Waals surface area contributed by atoms with Gasteiger partial charge in [-0.25, -0.2) is 0 Å². The minimum atomic E-state index is 0.128. The number of hydrogen-bond donors (Lipinski definition) is 1. The Labute approximate surface area is 144 Å². The molecule has 0 amide bonds. The maximum atomic E-state index is 10.1. The third-order valence-corrected chi connectivity index (χ3v) is 4.20. The van der Waals surface area contributed by atoms with E-state index in [-0.39, 0.29) is 11.8 Å². The summed E-state index contributed by atoms with van der Waals surface area (Å²) >= 11 is 0. The van der Waals surface area contributed by atoms with Crippen molar-refractivity contribution in [1.82, 2.24) is 4.90 Å². The number of aliphatic imine (C=N–C) groups is 1. The van der Waals surface area contributed by atoms with Gasteiger partial charge in [0, 0.05) is 11.8 Å². The van der Waals surface area contributed by atoms with Crippen LogP contribution >= 0.6 is 0 Å². The molecule has 4 nitrogen and oxygen atoms in total. The largest absolute Gasteiger partial charge is 0.504 e. The minimum absolute atomic E-state index is 0.128. The molecule has 0 radical (unpaired) electrons. The monoisotopic (exact) mass is 326 g/mol. The van der Waals surface area contributed by atoms with Gasteiger partial charge < -0.3 is 9.84 Å². The lowest BCUT2D eigenvalue weighted by atomic mass is 10.1. The number of nitrogens with zero attached hydrogens (tertiary/aromatic N) is 2. The third-order valence-electron chi connectivity index (χ3n) is 4.20. The summed E-state index contributed by atoms with van der Waals surface area (Å²) in [7, 11) is 1.54. The molecule has 0 aliphatic heterocycles. The van der Waals surface area contributed by atoms with E-state index in [0.29, 0.717) is 17.9 Å². The number of aromatic hydroxyl groups is 1. The van der Waals surface area contributed by atoms with E-state index in [1.54, 1.807) is 19.4 Å². The first kappa shape index (κ1) is 18.0. The summed E-state index contributed by atoms with van der Waals surface area (Å²) in [6.07, 6.45) is 1.72. The molecule has 4 heteroatoms. The van der Waals surface area contributed by atoms with Gasteiger partial charge in [-0.2, -0.15) is 0 Å². The predicted octanol–water partition coefficient (Wildman–Crippen LogP) is 3.90. The SMILES string of the molecule is CCN(CC)[C@H](CN=Cc1cccc(OC)c1O)c1ccccc1. The van der Waals surface area contributed by atoms with E-state index in [9.17, 15) is 5.11 Å². The number of ether oxygens (including phenoxy) is 1. The highest BCUT2D eigenvalue weighted by atomic mass is 16.5. The number of benzene rings is 2. The second-order valence-corrected chi connectivity index (χ2v) is 5.54. The van der Waals surface area contributed by atoms with Crippen molar-refractivity contribution in [3.63, 3.8) is 0 Å². The van der Waals surface area contributed by atoms with Gasteiger partial charge in [0.2, 0.25) is 0 Å². The average molecular weight is 326 g/mol. The number of hydrogen-bond acceptors (Lipinski definition) is 4. The van der Waals surface area contributed by atoms with E-state index in [1.165, 1.54) is 5.56 Å². The topological polar surface area (TPSA) is 45.1 Å². The van der Waals surface area contributed by atoms with Crippen LogP contribution < -0.4 is 4.74 Å². The predicted molar refractivity (Wildman–Crippen MR) is 99.2 cm³/mol. The first-order chi connectivity index (χ1) is 11.7. The van der Waals surface area contributed by atoms with Gasteiger partial charge in [-0.3, -0.25) is 9.89 Å². The molecule has 0 heterocycles. The lowest BCUT2D eigenvalue weighted by Gasteiger charge is -2.28. The summed E-state index contributed by atoms with van der Waals surface area (Å²) in [5.74, 6) is 0.588. The zero-order valence-corrected chi connectivity index (χ0v) is 14.6. The molecule has 0 aromatic heterocycles. The van der Waals surface area contributed by atoms with Crippen LogP contribution in [0.25, 0.3) is 0 Å². The second kappa shape index (κ2) is 9.08. The van der Waals surface area contributed by atoms with Crippen LogP contribution in [0.4, 0.5) is 0 Å². The molecule has 128 valence electrons. The van der Waals surface area contributed by atoms with Crippen LogP contribution in [0.5, 0.6) is 11.5 Å². The molecule has 1 atom stereocenters.